The lowest BCUT2D eigenvalue weighted by Crippen LogP contribution is -2.50. The predicted octanol–water partition coefficient (Wildman–Crippen LogP) is 2.64. The molecule has 0 amide bonds. The molecule has 0 unspecified atom stereocenters. The number of carbonyl (C=O) groups excluding carboxylic acids is 2. The van der Waals surface area contributed by atoms with Gasteiger partial charge in [0.05, 0.1) is 12.5 Å². The summed E-state index contributed by atoms with van der Waals surface area (Å²) in [7, 11) is -4.82. The SMILES string of the molecule is C=COC(=O)OC[Si]O[Si](C)(C)O[Si](C)(C)COC(=O)OC=C. The Morgan fingerprint density at radius 2 is 1.52 bits per heavy atom. The Kier molecular flexibility index (Phi) is 9.74. The summed E-state index contributed by atoms with van der Waals surface area (Å²) >= 11 is 0. The zero-order chi connectivity index (χ0) is 17.9. The Bertz CT molecular complexity index is 425. The molecule has 0 bridgehead atoms. The third kappa shape index (κ3) is 11.8. The minimum Gasteiger partial charge on any atom is -0.435 e. The van der Waals surface area contributed by atoms with Gasteiger partial charge in [0.15, 0.2) is 0 Å². The molecule has 0 aromatic carbocycles. The van der Waals surface area contributed by atoms with Gasteiger partial charge in [-0.25, -0.2) is 9.59 Å². The van der Waals surface area contributed by atoms with Crippen LogP contribution in [-0.2, 0) is 27.2 Å². The normalized spacial score (nSPS) is 11.3. The lowest BCUT2D eigenvalue weighted by atomic mass is 11.1. The van der Waals surface area contributed by atoms with E-state index in [1.807, 2.05) is 26.2 Å². The topological polar surface area (TPSA) is 89.5 Å². The maximum atomic E-state index is 11.1. The molecule has 0 atom stereocenters. The van der Waals surface area contributed by atoms with Crippen molar-refractivity contribution in [1.29, 1.82) is 0 Å². The van der Waals surface area contributed by atoms with E-state index in [4.69, 9.17) is 17.7 Å². The predicted molar refractivity (Wildman–Crippen MR) is 88.1 cm³/mol. The summed E-state index contributed by atoms with van der Waals surface area (Å²) in [5, 5.41) is 0. The van der Waals surface area contributed by atoms with Gasteiger partial charge in [-0.1, -0.05) is 13.2 Å². The zero-order valence-electron chi connectivity index (χ0n) is 13.7. The molecular formula is C12H22O8Si3. The molecule has 0 aromatic heterocycles. The highest BCUT2D eigenvalue weighted by molar-refractivity contribution is 6.83. The molecule has 0 rings (SSSR count). The lowest BCUT2D eigenvalue weighted by molar-refractivity contribution is 0.0953. The molecule has 0 aliphatic heterocycles. The molecule has 0 saturated carbocycles. The van der Waals surface area contributed by atoms with Crippen molar-refractivity contribution in [2.75, 3.05) is 12.5 Å². The molecule has 8 nitrogen and oxygen atoms in total. The fraction of sp³-hybridized carbons (Fsp3) is 0.500. The van der Waals surface area contributed by atoms with Gasteiger partial charge in [-0.05, 0) is 26.2 Å². The Balaban J connectivity index is 4.16. The molecule has 11 heteroatoms. The summed E-state index contributed by atoms with van der Waals surface area (Å²) in [6.45, 7) is 14.0. The maximum Gasteiger partial charge on any atom is 0.513 e. The van der Waals surface area contributed by atoms with Gasteiger partial charge < -0.3 is 27.2 Å². The molecule has 0 saturated heterocycles. The van der Waals surface area contributed by atoms with Gasteiger partial charge in [0, 0.05) is 0 Å². The van der Waals surface area contributed by atoms with Gasteiger partial charge in [-0.15, -0.1) is 0 Å². The van der Waals surface area contributed by atoms with E-state index in [0.717, 1.165) is 12.5 Å². The Morgan fingerprint density at radius 1 is 1.00 bits per heavy atom. The van der Waals surface area contributed by atoms with Crippen LogP contribution in [0.5, 0.6) is 0 Å². The fourth-order valence-corrected chi connectivity index (χ4v) is 9.81. The maximum absolute atomic E-state index is 11.1. The van der Waals surface area contributed by atoms with Crippen LogP contribution < -0.4 is 0 Å². The van der Waals surface area contributed by atoms with E-state index in [1.165, 1.54) is 0 Å². The fourth-order valence-electron chi connectivity index (χ4n) is 1.44. The summed E-state index contributed by atoms with van der Waals surface area (Å²) in [4.78, 5) is 22.1. The minimum absolute atomic E-state index is 0.0661. The first kappa shape index (κ1) is 21.6. The van der Waals surface area contributed by atoms with Crippen LogP contribution in [0.2, 0.25) is 26.2 Å². The lowest BCUT2D eigenvalue weighted by Gasteiger charge is -2.32. The molecule has 0 aliphatic carbocycles. The molecule has 0 aromatic rings. The van der Waals surface area contributed by atoms with Crippen molar-refractivity contribution >= 4 is 39.0 Å². The largest absolute Gasteiger partial charge is 0.513 e. The van der Waals surface area contributed by atoms with Crippen LogP contribution >= 0.6 is 0 Å². The smallest absolute Gasteiger partial charge is 0.435 e. The van der Waals surface area contributed by atoms with Gasteiger partial charge in [-0.3, -0.25) is 0 Å². The first-order valence-electron chi connectivity index (χ1n) is 6.61. The molecule has 130 valence electrons. The van der Waals surface area contributed by atoms with Crippen molar-refractivity contribution in [1.82, 2.24) is 0 Å². The van der Waals surface area contributed by atoms with Crippen molar-refractivity contribution in [2.24, 2.45) is 0 Å². The molecular weight excluding hydrogens is 356 g/mol. The van der Waals surface area contributed by atoms with E-state index in [9.17, 15) is 9.59 Å². The minimum atomic E-state index is -2.45. The van der Waals surface area contributed by atoms with E-state index >= 15 is 0 Å². The van der Waals surface area contributed by atoms with Crippen LogP contribution in [0, 0.1) is 0 Å². The van der Waals surface area contributed by atoms with Crippen molar-refractivity contribution in [3.05, 3.63) is 25.7 Å². The number of carbonyl (C=O) groups is 2. The first-order valence-corrected chi connectivity index (χ1v) is 13.7. The first-order chi connectivity index (χ1) is 10.6. The third-order valence-corrected chi connectivity index (χ3v) is 9.81. The Labute approximate surface area is 140 Å². The van der Waals surface area contributed by atoms with Crippen molar-refractivity contribution in [3.8, 4) is 0 Å². The van der Waals surface area contributed by atoms with Gasteiger partial charge >= 0.3 is 20.9 Å². The summed E-state index contributed by atoms with van der Waals surface area (Å²) in [6.07, 6.45) is 0.528. The molecule has 0 aliphatic rings. The van der Waals surface area contributed by atoms with E-state index in [2.05, 4.69) is 22.6 Å². The molecule has 23 heavy (non-hydrogen) atoms. The van der Waals surface area contributed by atoms with Gasteiger partial charge in [-0.2, -0.15) is 0 Å². The molecule has 2 radical (unpaired) electrons. The number of hydrogen-bond acceptors (Lipinski definition) is 8. The van der Waals surface area contributed by atoms with E-state index < -0.39 is 29.2 Å². The van der Waals surface area contributed by atoms with Gasteiger partial charge in [0.1, 0.15) is 12.5 Å². The van der Waals surface area contributed by atoms with Crippen molar-refractivity contribution in [2.45, 2.75) is 26.2 Å². The van der Waals surface area contributed by atoms with Crippen LogP contribution in [0.1, 0.15) is 0 Å². The van der Waals surface area contributed by atoms with Crippen molar-refractivity contribution in [3.63, 3.8) is 0 Å². The van der Waals surface area contributed by atoms with Crippen molar-refractivity contribution < 1.29 is 36.8 Å². The molecule has 0 fully saturated rings. The summed E-state index contributed by atoms with van der Waals surface area (Å²) in [5.74, 6) is 0. The average Bonchev–Trinajstić information content (AvgIpc) is 2.41. The van der Waals surface area contributed by atoms with Crippen LogP contribution in [0.25, 0.3) is 0 Å². The van der Waals surface area contributed by atoms with E-state index in [-0.39, 0.29) is 22.2 Å². The van der Waals surface area contributed by atoms with E-state index in [0.29, 0.717) is 0 Å². The van der Waals surface area contributed by atoms with Crippen LogP contribution in [0.4, 0.5) is 9.59 Å². The zero-order valence-corrected chi connectivity index (χ0v) is 16.7. The number of ether oxygens (including phenoxy) is 4. The molecule has 0 heterocycles. The average molecular weight is 379 g/mol. The highest BCUT2D eigenvalue weighted by Gasteiger charge is 2.36. The second kappa shape index (κ2) is 10.4. The summed E-state index contributed by atoms with van der Waals surface area (Å²) in [5.41, 5.74) is 0. The monoisotopic (exact) mass is 378 g/mol. The second-order valence-electron chi connectivity index (χ2n) is 5.15. The number of hydrogen-bond donors (Lipinski definition) is 0. The molecule has 0 N–H and O–H groups in total. The Hall–Kier alpha value is -1.41. The highest BCUT2D eigenvalue weighted by atomic mass is 28.5. The second-order valence-corrected chi connectivity index (χ2v) is 14.0. The van der Waals surface area contributed by atoms with Gasteiger partial charge in [0.25, 0.3) is 9.76 Å². The summed E-state index contributed by atoms with van der Waals surface area (Å²) in [6, 6.07) is 0. The van der Waals surface area contributed by atoms with Crippen LogP contribution in [-0.4, -0.2) is 51.4 Å². The molecule has 0 spiro atoms. The highest BCUT2D eigenvalue weighted by Crippen LogP contribution is 2.16. The third-order valence-electron chi connectivity index (χ3n) is 1.99. The van der Waals surface area contributed by atoms with E-state index in [1.54, 1.807) is 0 Å². The van der Waals surface area contributed by atoms with Crippen LogP contribution in [0.3, 0.4) is 0 Å². The standard InChI is InChI=1S/C12H22O8Si3/c1-7-15-11(13)17-9-21-19-23(5,6)20-22(3,4)10-18-12(14)16-8-2/h7-8H,1-2,9-10H2,3-6H3. The van der Waals surface area contributed by atoms with Gasteiger partial charge in [0.2, 0.25) is 8.32 Å². The number of rotatable bonds is 10. The summed E-state index contributed by atoms with van der Waals surface area (Å²) < 4.78 is 30.3. The quantitative estimate of drug-likeness (QED) is 0.248. The Morgan fingerprint density at radius 3 is 2.04 bits per heavy atom. The van der Waals surface area contributed by atoms with Crippen LogP contribution in [0.15, 0.2) is 25.7 Å².